The fourth-order valence-electron chi connectivity index (χ4n) is 1.92. The smallest absolute Gasteiger partial charge is 0.253 e. The molecule has 1 aliphatic heterocycles. The Morgan fingerprint density at radius 2 is 2.16 bits per heavy atom. The molecule has 1 aliphatic rings. The fraction of sp³-hybridized carbons (Fsp3) is 0.385. The van der Waals surface area contributed by atoms with Crippen LogP contribution in [0.1, 0.15) is 22.8 Å². The fourth-order valence-corrected chi connectivity index (χ4v) is 1.92. The molecule has 0 radical (unpaired) electrons. The van der Waals surface area contributed by atoms with Gasteiger partial charge < -0.3 is 16.0 Å². The van der Waals surface area contributed by atoms with E-state index in [0.29, 0.717) is 11.3 Å². The second-order valence-corrected chi connectivity index (χ2v) is 4.63. The molecular formula is C13H18ClN3O2. The Balaban J connectivity index is 0.00000180. The summed E-state index contributed by atoms with van der Waals surface area (Å²) < 4.78 is 0. The molecule has 5 nitrogen and oxygen atoms in total. The van der Waals surface area contributed by atoms with E-state index < -0.39 is 6.04 Å². The van der Waals surface area contributed by atoms with Crippen molar-refractivity contribution in [2.24, 2.45) is 5.73 Å². The minimum atomic E-state index is -0.570. The van der Waals surface area contributed by atoms with Gasteiger partial charge in [-0.3, -0.25) is 9.59 Å². The van der Waals surface area contributed by atoms with Gasteiger partial charge in [0, 0.05) is 24.8 Å². The predicted octanol–water partition coefficient (Wildman–Crippen LogP) is 1.02. The third-order valence-corrected chi connectivity index (χ3v) is 3.08. The van der Waals surface area contributed by atoms with Crippen LogP contribution in [0.4, 0.5) is 5.69 Å². The molecule has 0 aromatic heterocycles. The average Bonchev–Trinajstić information content (AvgIpc) is 2.34. The summed E-state index contributed by atoms with van der Waals surface area (Å²) in [7, 11) is 1.78. The highest BCUT2D eigenvalue weighted by molar-refractivity contribution is 5.99. The van der Waals surface area contributed by atoms with E-state index in [2.05, 4.69) is 5.32 Å². The molecule has 19 heavy (non-hydrogen) atoms. The van der Waals surface area contributed by atoms with E-state index in [4.69, 9.17) is 5.73 Å². The zero-order chi connectivity index (χ0) is 13.3. The summed E-state index contributed by atoms with van der Waals surface area (Å²) in [4.78, 5) is 25.2. The topological polar surface area (TPSA) is 75.4 Å². The number of likely N-dealkylation sites (N-methyl/N-ethyl adjacent to an activating group) is 1. The maximum absolute atomic E-state index is 12.0. The van der Waals surface area contributed by atoms with Crippen molar-refractivity contribution < 1.29 is 9.59 Å². The highest BCUT2D eigenvalue weighted by atomic mass is 35.5. The van der Waals surface area contributed by atoms with Gasteiger partial charge in [-0.15, -0.1) is 12.4 Å². The SMILES string of the molecule is C[C@H](N)C(=O)Nc1ccc2c(c1)C(=O)N(C)CC2.Cl. The highest BCUT2D eigenvalue weighted by Gasteiger charge is 2.21. The number of fused-ring (bicyclic) bond motifs is 1. The molecule has 2 amide bonds. The molecule has 0 aliphatic carbocycles. The van der Waals surface area contributed by atoms with Crippen LogP contribution in [0.15, 0.2) is 18.2 Å². The summed E-state index contributed by atoms with van der Waals surface area (Å²) in [6, 6.07) is 4.84. The Morgan fingerprint density at radius 3 is 2.79 bits per heavy atom. The van der Waals surface area contributed by atoms with E-state index in [-0.39, 0.29) is 24.2 Å². The number of hydrogen-bond acceptors (Lipinski definition) is 3. The Kier molecular flexibility index (Phi) is 4.91. The first-order valence-electron chi connectivity index (χ1n) is 5.94. The molecule has 0 saturated carbocycles. The Labute approximate surface area is 118 Å². The second-order valence-electron chi connectivity index (χ2n) is 4.63. The van der Waals surface area contributed by atoms with Crippen LogP contribution in [-0.4, -0.2) is 36.3 Å². The number of carbonyl (C=O) groups is 2. The van der Waals surface area contributed by atoms with Crippen LogP contribution in [0.2, 0.25) is 0 Å². The summed E-state index contributed by atoms with van der Waals surface area (Å²) in [6.07, 6.45) is 0.846. The summed E-state index contributed by atoms with van der Waals surface area (Å²) in [5.74, 6) is -0.264. The molecule has 1 aromatic rings. The van der Waals surface area contributed by atoms with Crippen molar-refractivity contribution in [1.82, 2.24) is 4.90 Å². The van der Waals surface area contributed by atoms with Crippen molar-refractivity contribution in [3.8, 4) is 0 Å². The van der Waals surface area contributed by atoms with Crippen LogP contribution in [0, 0.1) is 0 Å². The normalized spacial score (nSPS) is 15.3. The molecule has 0 spiro atoms. The van der Waals surface area contributed by atoms with Crippen LogP contribution >= 0.6 is 12.4 Å². The average molecular weight is 284 g/mol. The van der Waals surface area contributed by atoms with Crippen molar-refractivity contribution in [3.05, 3.63) is 29.3 Å². The molecule has 0 fully saturated rings. The lowest BCUT2D eigenvalue weighted by molar-refractivity contribution is -0.117. The van der Waals surface area contributed by atoms with Crippen molar-refractivity contribution in [1.29, 1.82) is 0 Å². The number of halogens is 1. The first kappa shape index (κ1) is 15.5. The molecule has 104 valence electrons. The second kappa shape index (κ2) is 6.04. The summed E-state index contributed by atoms with van der Waals surface area (Å²) >= 11 is 0. The summed E-state index contributed by atoms with van der Waals surface area (Å²) in [5.41, 5.74) is 7.78. The van der Waals surface area contributed by atoms with Gasteiger partial charge in [0.1, 0.15) is 0 Å². The van der Waals surface area contributed by atoms with Gasteiger partial charge >= 0.3 is 0 Å². The van der Waals surface area contributed by atoms with Crippen molar-refractivity contribution >= 4 is 29.9 Å². The third kappa shape index (κ3) is 3.24. The number of rotatable bonds is 2. The van der Waals surface area contributed by atoms with Gasteiger partial charge in [-0.1, -0.05) is 6.07 Å². The lowest BCUT2D eigenvalue weighted by atomic mass is 9.98. The summed E-state index contributed by atoms with van der Waals surface area (Å²) in [6.45, 7) is 2.35. The number of anilines is 1. The molecule has 0 saturated heterocycles. The quantitative estimate of drug-likeness (QED) is 0.851. The number of benzene rings is 1. The Hall–Kier alpha value is -1.59. The van der Waals surface area contributed by atoms with Gasteiger partial charge in [-0.2, -0.15) is 0 Å². The van der Waals surface area contributed by atoms with Crippen molar-refractivity contribution in [2.45, 2.75) is 19.4 Å². The molecule has 3 N–H and O–H groups in total. The van der Waals surface area contributed by atoms with Crippen molar-refractivity contribution in [3.63, 3.8) is 0 Å². The first-order valence-corrected chi connectivity index (χ1v) is 5.94. The van der Waals surface area contributed by atoms with Crippen LogP contribution in [0.25, 0.3) is 0 Å². The Bertz CT molecular complexity index is 503. The lowest BCUT2D eigenvalue weighted by Crippen LogP contribution is -2.35. The highest BCUT2D eigenvalue weighted by Crippen LogP contribution is 2.22. The molecule has 0 bridgehead atoms. The number of nitrogens with two attached hydrogens (primary N) is 1. The first-order chi connectivity index (χ1) is 8.49. The largest absolute Gasteiger partial charge is 0.341 e. The molecular weight excluding hydrogens is 266 g/mol. The zero-order valence-corrected chi connectivity index (χ0v) is 11.8. The van der Waals surface area contributed by atoms with Gasteiger partial charge in [0.25, 0.3) is 5.91 Å². The Morgan fingerprint density at radius 1 is 1.47 bits per heavy atom. The van der Waals surface area contributed by atoms with E-state index in [1.807, 2.05) is 6.07 Å². The van der Waals surface area contributed by atoms with Gasteiger partial charge in [-0.25, -0.2) is 0 Å². The maximum atomic E-state index is 12.0. The number of carbonyl (C=O) groups excluding carboxylic acids is 2. The number of nitrogens with one attached hydrogen (secondary N) is 1. The van der Waals surface area contributed by atoms with Crippen LogP contribution in [0.3, 0.4) is 0 Å². The maximum Gasteiger partial charge on any atom is 0.253 e. The van der Waals surface area contributed by atoms with Gasteiger partial charge in [0.05, 0.1) is 6.04 Å². The summed E-state index contributed by atoms with van der Waals surface area (Å²) in [5, 5.41) is 2.69. The van der Waals surface area contributed by atoms with Gasteiger partial charge in [0.15, 0.2) is 0 Å². The minimum Gasteiger partial charge on any atom is -0.341 e. The zero-order valence-electron chi connectivity index (χ0n) is 11.0. The van der Waals surface area contributed by atoms with E-state index in [1.165, 1.54) is 0 Å². The molecule has 2 rings (SSSR count). The van der Waals surface area contributed by atoms with Crippen molar-refractivity contribution in [2.75, 3.05) is 18.9 Å². The predicted molar refractivity (Wildman–Crippen MR) is 76.6 cm³/mol. The number of amides is 2. The number of nitrogens with zero attached hydrogens (tertiary/aromatic N) is 1. The van der Waals surface area contributed by atoms with Crippen LogP contribution < -0.4 is 11.1 Å². The minimum absolute atomic E-state index is 0. The molecule has 6 heteroatoms. The molecule has 1 aromatic carbocycles. The molecule has 0 unspecified atom stereocenters. The van der Waals surface area contributed by atoms with Crippen LogP contribution in [-0.2, 0) is 11.2 Å². The molecule has 1 heterocycles. The van der Waals surface area contributed by atoms with Crippen LogP contribution in [0.5, 0.6) is 0 Å². The lowest BCUT2D eigenvalue weighted by Gasteiger charge is -2.25. The standard InChI is InChI=1S/C13H17N3O2.ClH/c1-8(14)12(17)15-10-4-3-9-5-6-16(2)13(18)11(9)7-10;/h3-4,7-8H,5-6,14H2,1-2H3,(H,15,17);1H/t8-;/m0./s1. The van der Waals surface area contributed by atoms with E-state index in [1.54, 1.807) is 31.0 Å². The van der Waals surface area contributed by atoms with Gasteiger partial charge in [0.2, 0.25) is 5.91 Å². The van der Waals surface area contributed by atoms with Gasteiger partial charge in [-0.05, 0) is 31.0 Å². The van der Waals surface area contributed by atoms with E-state index in [0.717, 1.165) is 18.5 Å². The van der Waals surface area contributed by atoms with E-state index >= 15 is 0 Å². The number of hydrogen-bond donors (Lipinski definition) is 2. The monoisotopic (exact) mass is 283 g/mol. The van der Waals surface area contributed by atoms with E-state index in [9.17, 15) is 9.59 Å². The third-order valence-electron chi connectivity index (χ3n) is 3.08. The molecule has 1 atom stereocenters.